The quantitative estimate of drug-likeness (QED) is 0.538. The first-order valence-corrected chi connectivity index (χ1v) is 9.28. The Labute approximate surface area is 168 Å². The van der Waals surface area contributed by atoms with Crippen LogP contribution in [0.2, 0.25) is 0 Å². The summed E-state index contributed by atoms with van der Waals surface area (Å²) in [4.78, 5) is 18.3. The molecule has 0 spiro atoms. The van der Waals surface area contributed by atoms with Crippen molar-refractivity contribution < 1.29 is 23.4 Å². The predicted molar refractivity (Wildman–Crippen MR) is 107 cm³/mol. The number of H-pyrrole nitrogens is 1. The van der Waals surface area contributed by atoms with Gasteiger partial charge < -0.3 is 24.5 Å². The summed E-state index contributed by atoms with van der Waals surface area (Å²) in [6, 6.07) is 6.54. The van der Waals surface area contributed by atoms with E-state index in [1.807, 2.05) is 6.92 Å². The average molecular weight is 401 g/mol. The van der Waals surface area contributed by atoms with Gasteiger partial charge in [-0.15, -0.1) is 0 Å². The number of aromatic amines is 1. The molecule has 0 saturated heterocycles. The number of amides is 1. The van der Waals surface area contributed by atoms with Gasteiger partial charge in [0.15, 0.2) is 11.6 Å². The minimum Gasteiger partial charge on any atom is -0.488 e. The number of pyridine rings is 1. The van der Waals surface area contributed by atoms with Crippen LogP contribution in [0.4, 0.5) is 4.39 Å². The van der Waals surface area contributed by atoms with E-state index in [1.54, 1.807) is 31.5 Å². The van der Waals surface area contributed by atoms with Crippen molar-refractivity contribution in [2.24, 2.45) is 0 Å². The lowest BCUT2D eigenvalue weighted by atomic mass is 10.1. The molecule has 8 heteroatoms. The number of hydrogen-bond acceptors (Lipinski definition) is 5. The SMILES string of the molecule is COc1ccc(OCCOc2cc3c(CCNC(C)=O)c(C)[nH]c3cc2F)cn1. The first-order valence-electron chi connectivity index (χ1n) is 9.28. The van der Waals surface area contributed by atoms with Crippen LogP contribution < -0.4 is 19.5 Å². The maximum atomic E-state index is 14.4. The van der Waals surface area contributed by atoms with Crippen LogP contribution in [0.5, 0.6) is 17.4 Å². The maximum Gasteiger partial charge on any atom is 0.216 e. The molecule has 0 unspecified atom stereocenters. The third-order valence-corrected chi connectivity index (χ3v) is 4.45. The lowest BCUT2D eigenvalue weighted by Crippen LogP contribution is -2.22. The number of carbonyl (C=O) groups is 1. The van der Waals surface area contributed by atoms with Crippen molar-refractivity contribution in [3.63, 3.8) is 0 Å². The zero-order valence-electron chi connectivity index (χ0n) is 16.7. The van der Waals surface area contributed by atoms with E-state index < -0.39 is 5.82 Å². The van der Waals surface area contributed by atoms with Gasteiger partial charge in [0.2, 0.25) is 11.8 Å². The van der Waals surface area contributed by atoms with Crippen LogP contribution in [0.15, 0.2) is 30.5 Å². The van der Waals surface area contributed by atoms with Gasteiger partial charge in [-0.25, -0.2) is 9.37 Å². The first-order chi connectivity index (χ1) is 14.0. The van der Waals surface area contributed by atoms with Gasteiger partial charge in [0.05, 0.1) is 13.3 Å². The summed E-state index contributed by atoms with van der Waals surface area (Å²) in [6.07, 6.45) is 2.19. The second-order valence-corrected chi connectivity index (χ2v) is 6.52. The number of carbonyl (C=O) groups excluding carboxylic acids is 1. The minimum absolute atomic E-state index is 0.0791. The molecule has 2 aromatic heterocycles. The molecule has 0 aliphatic carbocycles. The molecule has 1 aromatic carbocycles. The molecular weight excluding hydrogens is 377 g/mol. The molecule has 0 aliphatic rings. The molecule has 7 nitrogen and oxygen atoms in total. The third kappa shape index (κ3) is 5.16. The highest BCUT2D eigenvalue weighted by molar-refractivity contribution is 5.86. The lowest BCUT2D eigenvalue weighted by molar-refractivity contribution is -0.118. The summed E-state index contributed by atoms with van der Waals surface area (Å²) in [6.45, 7) is 4.35. The van der Waals surface area contributed by atoms with Gasteiger partial charge in [-0.3, -0.25) is 4.79 Å². The van der Waals surface area contributed by atoms with Gasteiger partial charge in [-0.2, -0.15) is 0 Å². The standard InChI is InChI=1S/C21H24FN3O4/c1-13-16(6-7-23-14(2)26)17-10-20(18(22)11-19(17)25-13)29-9-8-28-15-4-5-21(27-3)24-12-15/h4-5,10-12,25H,6-9H2,1-3H3,(H,23,26). The summed E-state index contributed by atoms with van der Waals surface area (Å²) >= 11 is 0. The van der Waals surface area contributed by atoms with E-state index in [2.05, 4.69) is 15.3 Å². The van der Waals surface area contributed by atoms with E-state index in [0.717, 1.165) is 16.6 Å². The number of rotatable bonds is 9. The molecule has 0 atom stereocenters. The van der Waals surface area contributed by atoms with Crippen LogP contribution in [0.3, 0.4) is 0 Å². The van der Waals surface area contributed by atoms with E-state index in [4.69, 9.17) is 14.2 Å². The molecule has 0 fully saturated rings. The van der Waals surface area contributed by atoms with E-state index in [9.17, 15) is 9.18 Å². The van der Waals surface area contributed by atoms with Crippen molar-refractivity contribution in [1.82, 2.24) is 15.3 Å². The van der Waals surface area contributed by atoms with Gasteiger partial charge >= 0.3 is 0 Å². The van der Waals surface area contributed by atoms with Crippen LogP contribution in [-0.4, -0.2) is 42.7 Å². The molecule has 3 rings (SSSR count). The third-order valence-electron chi connectivity index (χ3n) is 4.45. The normalized spacial score (nSPS) is 10.8. The number of benzene rings is 1. The Bertz CT molecular complexity index is 986. The molecule has 0 radical (unpaired) electrons. The molecule has 2 heterocycles. The summed E-state index contributed by atoms with van der Waals surface area (Å²) < 4.78 is 30.5. The van der Waals surface area contributed by atoms with Crippen LogP contribution in [0.1, 0.15) is 18.2 Å². The summed E-state index contributed by atoms with van der Waals surface area (Å²) in [5, 5.41) is 3.66. The predicted octanol–water partition coefficient (Wildman–Crippen LogP) is 3.16. The van der Waals surface area contributed by atoms with Crippen LogP contribution in [0, 0.1) is 12.7 Å². The highest BCUT2D eigenvalue weighted by atomic mass is 19.1. The Kier molecular flexibility index (Phi) is 6.54. The van der Waals surface area contributed by atoms with Gasteiger partial charge in [-0.05, 0) is 31.0 Å². The van der Waals surface area contributed by atoms with Crippen molar-refractivity contribution in [2.45, 2.75) is 20.3 Å². The van der Waals surface area contributed by atoms with Crippen LogP contribution in [0.25, 0.3) is 10.9 Å². The zero-order valence-corrected chi connectivity index (χ0v) is 16.7. The Morgan fingerprint density at radius 2 is 2.03 bits per heavy atom. The molecule has 3 aromatic rings. The fourth-order valence-corrected chi connectivity index (χ4v) is 3.07. The monoisotopic (exact) mass is 401 g/mol. The number of nitrogens with one attached hydrogen (secondary N) is 2. The Morgan fingerprint density at radius 1 is 1.24 bits per heavy atom. The van der Waals surface area contributed by atoms with Crippen molar-refractivity contribution in [2.75, 3.05) is 26.9 Å². The van der Waals surface area contributed by atoms with Crippen molar-refractivity contribution in [3.05, 3.63) is 47.5 Å². The van der Waals surface area contributed by atoms with E-state index in [1.165, 1.54) is 13.0 Å². The van der Waals surface area contributed by atoms with Crippen molar-refractivity contribution in [1.29, 1.82) is 0 Å². The van der Waals surface area contributed by atoms with Gasteiger partial charge in [0.25, 0.3) is 0 Å². The highest BCUT2D eigenvalue weighted by Gasteiger charge is 2.13. The Balaban J connectivity index is 1.63. The smallest absolute Gasteiger partial charge is 0.216 e. The van der Waals surface area contributed by atoms with E-state index in [-0.39, 0.29) is 24.9 Å². The molecule has 0 saturated carbocycles. The molecule has 1 amide bonds. The number of methoxy groups -OCH3 is 1. The number of halogens is 1. The second kappa shape index (κ2) is 9.27. The lowest BCUT2D eigenvalue weighted by Gasteiger charge is -2.10. The minimum atomic E-state index is -0.446. The number of aryl methyl sites for hydroxylation is 1. The molecular formula is C21H24FN3O4. The summed E-state index contributed by atoms with van der Waals surface area (Å²) in [5.74, 6) is 0.712. The summed E-state index contributed by atoms with van der Waals surface area (Å²) in [7, 11) is 1.54. The molecule has 0 bridgehead atoms. The Morgan fingerprint density at radius 3 is 2.72 bits per heavy atom. The average Bonchev–Trinajstić information content (AvgIpc) is 2.99. The second-order valence-electron chi connectivity index (χ2n) is 6.52. The Hall–Kier alpha value is -3.29. The maximum absolute atomic E-state index is 14.4. The summed E-state index contributed by atoms with van der Waals surface area (Å²) in [5.41, 5.74) is 2.67. The van der Waals surface area contributed by atoms with E-state index >= 15 is 0 Å². The van der Waals surface area contributed by atoms with Crippen molar-refractivity contribution >= 4 is 16.8 Å². The fraction of sp³-hybridized carbons (Fsp3) is 0.333. The number of aromatic nitrogens is 2. The zero-order chi connectivity index (χ0) is 20.8. The van der Waals surface area contributed by atoms with Crippen LogP contribution >= 0.6 is 0 Å². The molecule has 0 aliphatic heterocycles. The van der Waals surface area contributed by atoms with Gasteiger partial charge in [0, 0.05) is 42.2 Å². The first kappa shape index (κ1) is 20.4. The molecule has 154 valence electrons. The van der Waals surface area contributed by atoms with E-state index in [0.29, 0.717) is 30.1 Å². The largest absolute Gasteiger partial charge is 0.488 e. The van der Waals surface area contributed by atoms with Crippen molar-refractivity contribution in [3.8, 4) is 17.4 Å². The highest BCUT2D eigenvalue weighted by Crippen LogP contribution is 2.29. The number of nitrogens with zero attached hydrogens (tertiary/aromatic N) is 1. The fourth-order valence-electron chi connectivity index (χ4n) is 3.07. The molecule has 29 heavy (non-hydrogen) atoms. The van der Waals surface area contributed by atoms with Crippen LogP contribution in [-0.2, 0) is 11.2 Å². The number of ether oxygens (including phenoxy) is 3. The number of hydrogen-bond donors (Lipinski definition) is 2. The topological polar surface area (TPSA) is 85.5 Å². The van der Waals surface area contributed by atoms with Gasteiger partial charge in [0.1, 0.15) is 19.0 Å². The number of fused-ring (bicyclic) bond motifs is 1. The molecule has 2 N–H and O–H groups in total. The van der Waals surface area contributed by atoms with Gasteiger partial charge in [-0.1, -0.05) is 0 Å².